The molecule has 1 aliphatic heterocycles. The van der Waals surface area contributed by atoms with E-state index in [9.17, 15) is 18.0 Å². The highest BCUT2D eigenvalue weighted by Crippen LogP contribution is 2.22. The van der Waals surface area contributed by atoms with Crippen molar-refractivity contribution < 1.29 is 18.0 Å². The van der Waals surface area contributed by atoms with Crippen molar-refractivity contribution in [3.63, 3.8) is 0 Å². The summed E-state index contributed by atoms with van der Waals surface area (Å²) in [5, 5.41) is 0. The van der Waals surface area contributed by atoms with Gasteiger partial charge in [0.05, 0.1) is 0 Å². The van der Waals surface area contributed by atoms with Crippen LogP contribution in [0.4, 0.5) is 23.8 Å². The van der Waals surface area contributed by atoms with Crippen molar-refractivity contribution in [2.45, 2.75) is 13.1 Å². The van der Waals surface area contributed by atoms with Crippen molar-refractivity contribution in [2.24, 2.45) is 5.92 Å². The summed E-state index contributed by atoms with van der Waals surface area (Å²) in [6.07, 6.45) is -3.10. The summed E-state index contributed by atoms with van der Waals surface area (Å²) in [6.45, 7) is 2.93. The van der Waals surface area contributed by atoms with E-state index in [1.165, 1.54) is 17.2 Å². The Balaban J connectivity index is 2.22. The van der Waals surface area contributed by atoms with E-state index in [1.807, 2.05) is 14.0 Å². The fraction of sp³-hybridized carbons (Fsp3) is 0.600. The third-order valence-corrected chi connectivity index (χ3v) is 3.67. The van der Waals surface area contributed by atoms with Crippen molar-refractivity contribution in [2.75, 3.05) is 44.7 Å². The predicted octanol–water partition coefficient (Wildman–Crippen LogP) is 2.45. The van der Waals surface area contributed by atoms with Gasteiger partial charge in [-0.05, 0) is 25.1 Å². The minimum Gasteiger partial charge on any atom is -0.323 e. The molecule has 2 amide bonds. The van der Waals surface area contributed by atoms with E-state index in [2.05, 4.69) is 9.88 Å². The van der Waals surface area contributed by atoms with Gasteiger partial charge in [0.1, 0.15) is 12.4 Å². The fourth-order valence-electron chi connectivity index (χ4n) is 2.72. The van der Waals surface area contributed by atoms with Gasteiger partial charge in [0.25, 0.3) is 0 Å². The molecule has 0 spiro atoms. The highest BCUT2D eigenvalue weighted by molar-refractivity contribution is 5.91. The van der Waals surface area contributed by atoms with Crippen LogP contribution in [0.15, 0.2) is 24.4 Å². The molecule has 1 aromatic heterocycles. The number of nitrogens with zero attached hydrogens (tertiary/aromatic N) is 4. The van der Waals surface area contributed by atoms with Crippen molar-refractivity contribution in [1.82, 2.24) is 14.8 Å². The second-order valence-corrected chi connectivity index (χ2v) is 5.99. The molecule has 1 unspecified atom stereocenters. The first-order valence-corrected chi connectivity index (χ1v) is 7.49. The number of hydrogen-bond donors (Lipinski definition) is 0. The molecule has 2 rings (SSSR count). The summed E-state index contributed by atoms with van der Waals surface area (Å²) in [6, 6.07) is 3.93. The van der Waals surface area contributed by atoms with Gasteiger partial charge in [-0.2, -0.15) is 13.2 Å². The Morgan fingerprint density at radius 1 is 1.35 bits per heavy atom. The Labute approximate surface area is 133 Å². The van der Waals surface area contributed by atoms with Crippen molar-refractivity contribution in [3.8, 4) is 0 Å². The number of carbonyl (C=O) groups is 1. The maximum absolute atomic E-state index is 12.9. The predicted molar refractivity (Wildman–Crippen MR) is 81.3 cm³/mol. The summed E-state index contributed by atoms with van der Waals surface area (Å²) in [5.41, 5.74) is 0. The van der Waals surface area contributed by atoms with Crippen LogP contribution in [0.1, 0.15) is 6.92 Å². The number of alkyl halides is 3. The van der Waals surface area contributed by atoms with Gasteiger partial charge >= 0.3 is 12.2 Å². The molecule has 0 saturated carbocycles. The van der Waals surface area contributed by atoms with Gasteiger partial charge in [0.2, 0.25) is 0 Å². The number of anilines is 1. The number of carbonyl (C=O) groups excluding carboxylic acids is 1. The largest absolute Gasteiger partial charge is 0.406 e. The van der Waals surface area contributed by atoms with Crippen LogP contribution in [0.5, 0.6) is 0 Å². The average molecular weight is 330 g/mol. The standard InChI is InChI=1S/C15H21F3N4O/c1-12-9-20(2)7-8-21(10-12)14(23)22(11-15(16,17)18)13-5-3-4-6-19-13/h3-6,12H,7-11H2,1-2H3. The molecule has 0 N–H and O–H groups in total. The topological polar surface area (TPSA) is 39.7 Å². The zero-order valence-corrected chi connectivity index (χ0v) is 13.3. The van der Waals surface area contributed by atoms with E-state index < -0.39 is 18.8 Å². The minimum absolute atomic E-state index is 0.0140. The van der Waals surface area contributed by atoms with E-state index in [1.54, 1.807) is 12.1 Å². The number of hydrogen-bond acceptors (Lipinski definition) is 3. The van der Waals surface area contributed by atoms with Gasteiger partial charge < -0.3 is 9.80 Å². The van der Waals surface area contributed by atoms with E-state index in [4.69, 9.17) is 0 Å². The maximum atomic E-state index is 12.9. The van der Waals surface area contributed by atoms with Crippen LogP contribution in [0.3, 0.4) is 0 Å². The average Bonchev–Trinajstić information content (AvgIpc) is 2.64. The lowest BCUT2D eigenvalue weighted by Gasteiger charge is -2.30. The monoisotopic (exact) mass is 330 g/mol. The molecule has 23 heavy (non-hydrogen) atoms. The van der Waals surface area contributed by atoms with Gasteiger partial charge in [-0.15, -0.1) is 0 Å². The quantitative estimate of drug-likeness (QED) is 0.836. The second kappa shape index (κ2) is 7.16. The molecule has 5 nitrogen and oxygen atoms in total. The van der Waals surface area contributed by atoms with Crippen LogP contribution in [-0.2, 0) is 0 Å². The molecule has 1 atom stereocenters. The third-order valence-electron chi connectivity index (χ3n) is 3.67. The molecule has 1 aromatic rings. The van der Waals surface area contributed by atoms with Gasteiger partial charge in [-0.3, -0.25) is 4.90 Å². The van der Waals surface area contributed by atoms with Gasteiger partial charge in [0, 0.05) is 32.4 Å². The summed E-state index contributed by atoms with van der Waals surface area (Å²) >= 11 is 0. The van der Waals surface area contributed by atoms with E-state index in [0.29, 0.717) is 24.5 Å². The first-order chi connectivity index (χ1) is 10.8. The molecule has 0 bridgehead atoms. The lowest BCUT2D eigenvalue weighted by atomic mass is 10.2. The minimum atomic E-state index is -4.48. The number of urea groups is 1. The molecule has 128 valence electrons. The van der Waals surface area contributed by atoms with E-state index in [-0.39, 0.29) is 11.7 Å². The number of amides is 2. The lowest BCUT2D eigenvalue weighted by molar-refractivity contribution is -0.118. The number of pyridine rings is 1. The molecule has 2 heterocycles. The van der Waals surface area contributed by atoms with Gasteiger partial charge in [0.15, 0.2) is 0 Å². The van der Waals surface area contributed by atoms with E-state index in [0.717, 1.165) is 6.54 Å². The Kier molecular flexibility index (Phi) is 5.46. The summed E-state index contributed by atoms with van der Waals surface area (Å²) in [7, 11) is 1.94. The highest BCUT2D eigenvalue weighted by Gasteiger charge is 2.36. The summed E-state index contributed by atoms with van der Waals surface area (Å²) < 4.78 is 38.7. The Bertz CT molecular complexity index is 523. The van der Waals surface area contributed by atoms with E-state index >= 15 is 0 Å². The molecular formula is C15H21F3N4O. The van der Waals surface area contributed by atoms with Gasteiger partial charge in [-0.1, -0.05) is 13.0 Å². The zero-order chi connectivity index (χ0) is 17.0. The number of rotatable bonds is 2. The maximum Gasteiger partial charge on any atom is 0.406 e. The van der Waals surface area contributed by atoms with Crippen molar-refractivity contribution >= 4 is 11.8 Å². The van der Waals surface area contributed by atoms with Crippen LogP contribution in [0, 0.1) is 5.92 Å². The SMILES string of the molecule is CC1CN(C)CCN(C(=O)N(CC(F)(F)F)c2ccccn2)C1. The van der Waals surface area contributed by atoms with Gasteiger partial charge in [-0.25, -0.2) is 9.78 Å². The Morgan fingerprint density at radius 3 is 2.70 bits per heavy atom. The van der Waals surface area contributed by atoms with Crippen molar-refractivity contribution in [1.29, 1.82) is 0 Å². The Morgan fingerprint density at radius 2 is 2.09 bits per heavy atom. The smallest absolute Gasteiger partial charge is 0.323 e. The molecule has 0 aliphatic carbocycles. The first-order valence-electron chi connectivity index (χ1n) is 7.49. The third kappa shape index (κ3) is 5.09. The first kappa shape index (κ1) is 17.5. The van der Waals surface area contributed by atoms with Crippen molar-refractivity contribution in [3.05, 3.63) is 24.4 Å². The molecule has 0 aromatic carbocycles. The highest BCUT2D eigenvalue weighted by atomic mass is 19.4. The number of likely N-dealkylation sites (N-methyl/N-ethyl adjacent to an activating group) is 1. The van der Waals surface area contributed by atoms with Crippen LogP contribution in [-0.4, -0.2) is 66.8 Å². The molecular weight excluding hydrogens is 309 g/mol. The van der Waals surface area contributed by atoms with Crippen LogP contribution in [0.25, 0.3) is 0 Å². The van der Waals surface area contributed by atoms with Crippen LogP contribution in [0.2, 0.25) is 0 Å². The second-order valence-electron chi connectivity index (χ2n) is 5.99. The normalized spacial score (nSPS) is 20.2. The summed E-state index contributed by atoms with van der Waals surface area (Å²) in [4.78, 5) is 20.8. The number of halogens is 3. The molecule has 0 radical (unpaired) electrons. The molecule has 1 saturated heterocycles. The molecule has 8 heteroatoms. The number of aromatic nitrogens is 1. The fourth-order valence-corrected chi connectivity index (χ4v) is 2.72. The molecule has 1 aliphatic rings. The zero-order valence-electron chi connectivity index (χ0n) is 13.3. The van der Waals surface area contributed by atoms with Crippen LogP contribution < -0.4 is 4.90 Å². The Hall–Kier alpha value is -1.83. The summed E-state index contributed by atoms with van der Waals surface area (Å²) in [5.74, 6) is 0.211. The lowest BCUT2D eigenvalue weighted by Crippen LogP contribution is -2.49. The van der Waals surface area contributed by atoms with Crippen LogP contribution >= 0.6 is 0 Å². The molecule has 1 fully saturated rings.